The van der Waals surface area contributed by atoms with Crippen LogP contribution in [0.2, 0.25) is 0 Å². The second-order valence-corrected chi connectivity index (χ2v) is 7.00. The summed E-state index contributed by atoms with van der Waals surface area (Å²) in [6.45, 7) is 2.90. The Bertz CT molecular complexity index is 881. The smallest absolute Gasteiger partial charge is 0.234 e. The van der Waals surface area contributed by atoms with Gasteiger partial charge in [-0.2, -0.15) is 0 Å². The highest BCUT2D eigenvalue weighted by Crippen LogP contribution is 2.20. The second kappa shape index (κ2) is 9.32. The van der Waals surface area contributed by atoms with E-state index in [-0.39, 0.29) is 17.5 Å². The Morgan fingerprint density at radius 1 is 1.11 bits per heavy atom. The van der Waals surface area contributed by atoms with Gasteiger partial charge in [0.2, 0.25) is 5.91 Å². The molecule has 3 rings (SSSR count). The van der Waals surface area contributed by atoms with Gasteiger partial charge in [0.05, 0.1) is 5.75 Å². The first-order chi connectivity index (χ1) is 13.2. The molecule has 1 amide bonds. The SMILES string of the molecule is CCCn1c(Cc2ccccc2)nnc1SCC(=O)Nc1ccc(F)cc1. The molecule has 0 unspecified atom stereocenters. The van der Waals surface area contributed by atoms with Gasteiger partial charge in [0.25, 0.3) is 0 Å². The highest BCUT2D eigenvalue weighted by Gasteiger charge is 2.14. The van der Waals surface area contributed by atoms with Crippen LogP contribution in [0.3, 0.4) is 0 Å². The number of thioether (sulfide) groups is 1. The zero-order chi connectivity index (χ0) is 19.1. The predicted molar refractivity (Wildman–Crippen MR) is 105 cm³/mol. The second-order valence-electron chi connectivity index (χ2n) is 6.06. The van der Waals surface area contributed by atoms with Crippen molar-refractivity contribution < 1.29 is 9.18 Å². The summed E-state index contributed by atoms with van der Waals surface area (Å²) in [6.07, 6.45) is 1.66. The lowest BCUT2D eigenvalue weighted by Gasteiger charge is -2.09. The van der Waals surface area contributed by atoms with E-state index < -0.39 is 0 Å². The van der Waals surface area contributed by atoms with E-state index in [2.05, 4.69) is 39.1 Å². The Morgan fingerprint density at radius 3 is 2.56 bits per heavy atom. The number of carbonyl (C=O) groups excluding carboxylic acids is 1. The summed E-state index contributed by atoms with van der Waals surface area (Å²) in [4.78, 5) is 12.2. The van der Waals surface area contributed by atoms with Crippen LogP contribution in [0.4, 0.5) is 10.1 Å². The van der Waals surface area contributed by atoms with Crippen molar-refractivity contribution in [1.82, 2.24) is 14.8 Å². The number of nitrogens with zero attached hydrogens (tertiary/aromatic N) is 3. The zero-order valence-electron chi connectivity index (χ0n) is 15.1. The molecule has 0 aliphatic carbocycles. The maximum Gasteiger partial charge on any atom is 0.234 e. The fourth-order valence-electron chi connectivity index (χ4n) is 2.64. The van der Waals surface area contributed by atoms with Gasteiger partial charge in [-0.25, -0.2) is 4.39 Å². The van der Waals surface area contributed by atoms with Gasteiger partial charge >= 0.3 is 0 Å². The molecule has 7 heteroatoms. The van der Waals surface area contributed by atoms with Crippen LogP contribution in [0.25, 0.3) is 0 Å². The number of benzene rings is 2. The molecule has 0 atom stereocenters. The number of rotatable bonds is 8. The molecule has 1 heterocycles. The third kappa shape index (κ3) is 5.40. The summed E-state index contributed by atoms with van der Waals surface area (Å²) >= 11 is 1.35. The maximum absolute atomic E-state index is 12.9. The van der Waals surface area contributed by atoms with Crippen molar-refractivity contribution in [3.8, 4) is 0 Å². The first-order valence-corrected chi connectivity index (χ1v) is 9.78. The number of anilines is 1. The summed E-state index contributed by atoms with van der Waals surface area (Å²) in [5.74, 6) is 0.609. The molecule has 0 aliphatic rings. The summed E-state index contributed by atoms with van der Waals surface area (Å²) in [7, 11) is 0. The fraction of sp³-hybridized carbons (Fsp3) is 0.250. The van der Waals surface area contributed by atoms with E-state index in [0.717, 1.165) is 23.9 Å². The van der Waals surface area contributed by atoms with Crippen molar-refractivity contribution in [2.24, 2.45) is 0 Å². The molecular formula is C20H21FN4OS. The van der Waals surface area contributed by atoms with Crippen LogP contribution in [-0.2, 0) is 17.8 Å². The van der Waals surface area contributed by atoms with Crippen molar-refractivity contribution >= 4 is 23.4 Å². The van der Waals surface area contributed by atoms with E-state index in [9.17, 15) is 9.18 Å². The van der Waals surface area contributed by atoms with Crippen LogP contribution in [0.15, 0.2) is 59.8 Å². The van der Waals surface area contributed by atoms with Gasteiger partial charge in [-0.15, -0.1) is 10.2 Å². The van der Waals surface area contributed by atoms with Crippen LogP contribution in [0, 0.1) is 5.82 Å². The predicted octanol–water partition coefficient (Wildman–Crippen LogP) is 4.15. The van der Waals surface area contributed by atoms with Gasteiger partial charge in [-0.3, -0.25) is 4.79 Å². The molecule has 0 aliphatic heterocycles. The van der Waals surface area contributed by atoms with Crippen molar-refractivity contribution in [2.45, 2.75) is 31.5 Å². The summed E-state index contributed by atoms with van der Waals surface area (Å²) < 4.78 is 15.0. The van der Waals surface area contributed by atoms with Crippen LogP contribution in [0.1, 0.15) is 24.7 Å². The first-order valence-electron chi connectivity index (χ1n) is 8.80. The number of carbonyl (C=O) groups is 1. The molecule has 0 radical (unpaired) electrons. The molecule has 0 spiro atoms. The van der Waals surface area contributed by atoms with E-state index >= 15 is 0 Å². The Hall–Kier alpha value is -2.67. The molecule has 1 N–H and O–H groups in total. The van der Waals surface area contributed by atoms with Gasteiger partial charge < -0.3 is 9.88 Å². The highest BCUT2D eigenvalue weighted by atomic mass is 32.2. The minimum Gasteiger partial charge on any atom is -0.325 e. The van der Waals surface area contributed by atoms with Gasteiger partial charge in [-0.1, -0.05) is 49.0 Å². The molecule has 0 bridgehead atoms. The van der Waals surface area contributed by atoms with Gasteiger partial charge in [0.15, 0.2) is 5.16 Å². The van der Waals surface area contributed by atoms with Crippen molar-refractivity contribution in [3.63, 3.8) is 0 Å². The first kappa shape index (κ1) is 19.1. The van der Waals surface area contributed by atoms with Crippen LogP contribution in [0.5, 0.6) is 0 Å². The van der Waals surface area contributed by atoms with Crippen molar-refractivity contribution in [3.05, 3.63) is 71.8 Å². The lowest BCUT2D eigenvalue weighted by atomic mass is 10.1. The number of halogens is 1. The quantitative estimate of drug-likeness (QED) is 0.593. The summed E-state index contributed by atoms with van der Waals surface area (Å²) in [6, 6.07) is 15.8. The largest absolute Gasteiger partial charge is 0.325 e. The number of hydrogen-bond donors (Lipinski definition) is 1. The molecule has 0 saturated carbocycles. The monoisotopic (exact) mass is 384 g/mol. The Kier molecular flexibility index (Phi) is 6.59. The number of nitrogens with one attached hydrogen (secondary N) is 1. The van der Waals surface area contributed by atoms with Crippen LogP contribution < -0.4 is 5.32 Å². The van der Waals surface area contributed by atoms with Gasteiger partial charge in [-0.05, 0) is 36.2 Å². The minimum absolute atomic E-state index is 0.165. The lowest BCUT2D eigenvalue weighted by Crippen LogP contribution is -2.15. The third-order valence-electron chi connectivity index (χ3n) is 3.91. The molecule has 1 aromatic heterocycles. The molecule has 5 nitrogen and oxygen atoms in total. The average Bonchev–Trinajstić information content (AvgIpc) is 3.05. The number of hydrogen-bond acceptors (Lipinski definition) is 4. The molecule has 0 saturated heterocycles. The lowest BCUT2D eigenvalue weighted by molar-refractivity contribution is -0.113. The zero-order valence-corrected chi connectivity index (χ0v) is 15.9. The van der Waals surface area contributed by atoms with E-state index in [1.807, 2.05) is 18.2 Å². The molecular weight excluding hydrogens is 363 g/mol. The Balaban J connectivity index is 1.63. The Labute approximate surface area is 162 Å². The highest BCUT2D eigenvalue weighted by molar-refractivity contribution is 7.99. The molecule has 3 aromatic rings. The molecule has 2 aromatic carbocycles. The molecule has 140 valence electrons. The van der Waals surface area contributed by atoms with Crippen molar-refractivity contribution in [1.29, 1.82) is 0 Å². The standard InChI is InChI=1S/C20H21FN4OS/c1-2-12-25-18(13-15-6-4-3-5-7-15)23-24-20(25)27-14-19(26)22-17-10-8-16(21)9-11-17/h3-11H,2,12-14H2,1H3,(H,22,26). The van der Waals surface area contributed by atoms with Crippen molar-refractivity contribution in [2.75, 3.05) is 11.1 Å². The number of aromatic nitrogens is 3. The maximum atomic E-state index is 12.9. The fourth-order valence-corrected chi connectivity index (χ4v) is 3.43. The van der Waals surface area contributed by atoms with E-state index in [1.54, 1.807) is 0 Å². The average molecular weight is 384 g/mol. The summed E-state index contributed by atoms with van der Waals surface area (Å²) in [5.41, 5.74) is 1.75. The van der Waals surface area contributed by atoms with Gasteiger partial charge in [0.1, 0.15) is 11.6 Å². The van der Waals surface area contributed by atoms with Crippen LogP contribution >= 0.6 is 11.8 Å². The molecule has 27 heavy (non-hydrogen) atoms. The normalized spacial score (nSPS) is 10.7. The summed E-state index contributed by atoms with van der Waals surface area (Å²) in [5, 5.41) is 12.1. The number of amides is 1. The van der Waals surface area contributed by atoms with Gasteiger partial charge in [0, 0.05) is 18.7 Å². The van der Waals surface area contributed by atoms with E-state index in [1.165, 1.54) is 41.6 Å². The van der Waals surface area contributed by atoms with E-state index in [4.69, 9.17) is 0 Å². The van der Waals surface area contributed by atoms with Crippen LogP contribution in [-0.4, -0.2) is 26.4 Å². The van der Waals surface area contributed by atoms with E-state index in [0.29, 0.717) is 12.1 Å². The molecule has 0 fully saturated rings. The topological polar surface area (TPSA) is 59.8 Å². The third-order valence-corrected chi connectivity index (χ3v) is 4.87. The minimum atomic E-state index is -0.332. The Morgan fingerprint density at radius 2 is 1.85 bits per heavy atom.